The van der Waals surface area contributed by atoms with Gasteiger partial charge in [-0.15, -0.1) is 0 Å². The van der Waals surface area contributed by atoms with Crippen molar-refractivity contribution < 1.29 is 4.74 Å². The average Bonchev–Trinajstić information content (AvgIpc) is 2.49. The van der Waals surface area contributed by atoms with Gasteiger partial charge in [0.2, 0.25) is 5.88 Å². The first kappa shape index (κ1) is 12.4. The van der Waals surface area contributed by atoms with Crippen molar-refractivity contribution in [1.82, 2.24) is 9.97 Å². The van der Waals surface area contributed by atoms with Crippen LogP contribution in [0.25, 0.3) is 11.0 Å². The van der Waals surface area contributed by atoms with Gasteiger partial charge in [-0.05, 0) is 43.3 Å². The number of fused-ring (bicyclic) bond motifs is 1. The van der Waals surface area contributed by atoms with Crippen molar-refractivity contribution in [1.29, 1.82) is 0 Å². The number of para-hydroxylation sites is 2. The summed E-state index contributed by atoms with van der Waals surface area (Å²) in [6.45, 7) is 1.90. The minimum absolute atomic E-state index is 0.543. The molecular formula is C16H15N3O. The van der Waals surface area contributed by atoms with Crippen LogP contribution in [0.2, 0.25) is 0 Å². The molecule has 0 aliphatic heterocycles. The fraction of sp³-hybridized carbons (Fsp3) is 0.125. The summed E-state index contributed by atoms with van der Waals surface area (Å²) in [6.07, 6.45) is 0. The minimum Gasteiger partial charge on any atom is -0.437 e. The highest BCUT2D eigenvalue weighted by Gasteiger charge is 2.07. The van der Waals surface area contributed by atoms with Crippen LogP contribution in [0.4, 0.5) is 5.69 Å². The lowest BCUT2D eigenvalue weighted by Gasteiger charge is -2.09. The number of nitrogens with one attached hydrogen (secondary N) is 1. The molecular weight excluding hydrogens is 250 g/mol. The number of hydrogen-bond donors (Lipinski definition) is 1. The lowest BCUT2D eigenvalue weighted by molar-refractivity contribution is 0.458. The first-order valence-corrected chi connectivity index (χ1v) is 6.45. The van der Waals surface area contributed by atoms with E-state index in [9.17, 15) is 0 Å². The number of nitrogens with zero attached hydrogens (tertiary/aromatic N) is 2. The maximum absolute atomic E-state index is 5.82. The lowest BCUT2D eigenvalue weighted by atomic mass is 10.3. The highest BCUT2D eigenvalue weighted by atomic mass is 16.5. The summed E-state index contributed by atoms with van der Waals surface area (Å²) < 4.78 is 5.82. The van der Waals surface area contributed by atoms with Gasteiger partial charge < -0.3 is 10.1 Å². The Hall–Kier alpha value is -2.62. The largest absolute Gasteiger partial charge is 0.437 e. The first-order chi connectivity index (χ1) is 9.76. The minimum atomic E-state index is 0.543. The number of anilines is 1. The maximum Gasteiger partial charge on any atom is 0.241 e. The fourth-order valence-corrected chi connectivity index (χ4v) is 1.97. The van der Waals surface area contributed by atoms with Gasteiger partial charge in [0.25, 0.3) is 0 Å². The van der Waals surface area contributed by atoms with Crippen molar-refractivity contribution in [2.75, 3.05) is 12.4 Å². The van der Waals surface area contributed by atoms with Crippen LogP contribution < -0.4 is 10.1 Å². The molecule has 0 saturated carbocycles. The SMILES string of the molecule is CNc1ccc(Oc2nc3ccccc3nc2C)cc1. The van der Waals surface area contributed by atoms with Crippen LogP contribution in [0.1, 0.15) is 5.69 Å². The summed E-state index contributed by atoms with van der Waals surface area (Å²) in [4.78, 5) is 9.02. The Morgan fingerprint density at radius 1 is 0.900 bits per heavy atom. The summed E-state index contributed by atoms with van der Waals surface area (Å²) in [7, 11) is 1.88. The van der Waals surface area contributed by atoms with Gasteiger partial charge in [-0.2, -0.15) is 0 Å². The summed E-state index contributed by atoms with van der Waals surface area (Å²) in [5.74, 6) is 1.29. The zero-order valence-electron chi connectivity index (χ0n) is 11.4. The Morgan fingerprint density at radius 3 is 2.20 bits per heavy atom. The van der Waals surface area contributed by atoms with Crippen LogP contribution in [0.15, 0.2) is 48.5 Å². The molecule has 0 fully saturated rings. The quantitative estimate of drug-likeness (QED) is 0.783. The molecule has 0 unspecified atom stereocenters. The zero-order chi connectivity index (χ0) is 13.9. The van der Waals surface area contributed by atoms with E-state index in [1.165, 1.54) is 0 Å². The lowest BCUT2D eigenvalue weighted by Crippen LogP contribution is -1.96. The van der Waals surface area contributed by atoms with Crippen LogP contribution in [0.5, 0.6) is 11.6 Å². The number of aromatic nitrogens is 2. The van der Waals surface area contributed by atoms with Gasteiger partial charge in [-0.3, -0.25) is 0 Å². The van der Waals surface area contributed by atoms with Gasteiger partial charge in [0.15, 0.2) is 0 Å². The number of benzene rings is 2. The van der Waals surface area contributed by atoms with Crippen LogP contribution in [0, 0.1) is 6.92 Å². The van der Waals surface area contributed by atoms with Crippen molar-refractivity contribution in [3.05, 3.63) is 54.2 Å². The Kier molecular flexibility index (Phi) is 3.21. The molecule has 100 valence electrons. The van der Waals surface area contributed by atoms with Crippen molar-refractivity contribution in [3.8, 4) is 11.6 Å². The highest BCUT2D eigenvalue weighted by Crippen LogP contribution is 2.25. The molecule has 0 saturated heterocycles. The van der Waals surface area contributed by atoms with Crippen LogP contribution in [0.3, 0.4) is 0 Å². The second-order valence-electron chi connectivity index (χ2n) is 4.48. The molecule has 20 heavy (non-hydrogen) atoms. The van der Waals surface area contributed by atoms with Crippen LogP contribution in [-0.2, 0) is 0 Å². The summed E-state index contributed by atoms with van der Waals surface area (Å²) in [6, 6.07) is 15.5. The number of aryl methyl sites for hydroxylation is 1. The maximum atomic E-state index is 5.82. The molecule has 1 heterocycles. The molecule has 3 aromatic rings. The molecule has 1 N–H and O–H groups in total. The average molecular weight is 265 g/mol. The van der Waals surface area contributed by atoms with E-state index in [0.29, 0.717) is 5.88 Å². The molecule has 0 spiro atoms. The molecule has 4 heteroatoms. The smallest absolute Gasteiger partial charge is 0.241 e. The van der Waals surface area contributed by atoms with E-state index >= 15 is 0 Å². The van der Waals surface area contributed by atoms with Gasteiger partial charge in [-0.25, -0.2) is 9.97 Å². The van der Waals surface area contributed by atoms with Gasteiger partial charge in [0, 0.05) is 12.7 Å². The van der Waals surface area contributed by atoms with Crippen molar-refractivity contribution in [3.63, 3.8) is 0 Å². The van der Waals surface area contributed by atoms with E-state index in [1.54, 1.807) is 0 Å². The third-order valence-corrected chi connectivity index (χ3v) is 3.06. The Bertz CT molecular complexity index is 738. The number of ether oxygens (including phenoxy) is 1. The Labute approximate surface area is 117 Å². The topological polar surface area (TPSA) is 47.0 Å². The molecule has 0 aliphatic rings. The van der Waals surface area contributed by atoms with E-state index < -0.39 is 0 Å². The van der Waals surface area contributed by atoms with E-state index in [-0.39, 0.29) is 0 Å². The number of hydrogen-bond acceptors (Lipinski definition) is 4. The van der Waals surface area contributed by atoms with Crippen molar-refractivity contribution in [2.45, 2.75) is 6.92 Å². The second-order valence-corrected chi connectivity index (χ2v) is 4.48. The summed E-state index contributed by atoms with van der Waals surface area (Å²) in [5.41, 5.74) is 3.53. The molecule has 0 amide bonds. The number of rotatable bonds is 3. The Balaban J connectivity index is 1.94. The molecule has 0 radical (unpaired) electrons. The summed E-state index contributed by atoms with van der Waals surface area (Å²) in [5, 5.41) is 3.07. The van der Waals surface area contributed by atoms with Crippen molar-refractivity contribution in [2.24, 2.45) is 0 Å². The third-order valence-electron chi connectivity index (χ3n) is 3.06. The fourth-order valence-electron chi connectivity index (χ4n) is 1.97. The van der Waals surface area contributed by atoms with Crippen LogP contribution in [-0.4, -0.2) is 17.0 Å². The first-order valence-electron chi connectivity index (χ1n) is 6.45. The van der Waals surface area contributed by atoms with E-state index in [1.807, 2.05) is 62.5 Å². The van der Waals surface area contributed by atoms with Gasteiger partial charge in [0.05, 0.1) is 11.0 Å². The Morgan fingerprint density at radius 2 is 1.55 bits per heavy atom. The zero-order valence-corrected chi connectivity index (χ0v) is 11.4. The molecule has 1 aromatic heterocycles. The predicted molar refractivity (Wildman–Crippen MR) is 80.3 cm³/mol. The van der Waals surface area contributed by atoms with Gasteiger partial charge in [0.1, 0.15) is 11.4 Å². The molecule has 2 aromatic carbocycles. The van der Waals surface area contributed by atoms with Crippen molar-refractivity contribution >= 4 is 16.7 Å². The van der Waals surface area contributed by atoms with E-state index in [4.69, 9.17) is 4.74 Å². The second kappa shape index (κ2) is 5.17. The molecule has 0 aliphatic carbocycles. The molecule has 4 nitrogen and oxygen atoms in total. The van der Waals surface area contributed by atoms with Crippen LogP contribution >= 0.6 is 0 Å². The van der Waals surface area contributed by atoms with Gasteiger partial charge in [-0.1, -0.05) is 12.1 Å². The monoisotopic (exact) mass is 265 g/mol. The molecule has 0 atom stereocenters. The molecule has 0 bridgehead atoms. The molecule has 3 rings (SSSR count). The third kappa shape index (κ3) is 2.40. The van der Waals surface area contributed by atoms with E-state index in [2.05, 4.69) is 15.3 Å². The van der Waals surface area contributed by atoms with E-state index in [0.717, 1.165) is 28.2 Å². The predicted octanol–water partition coefficient (Wildman–Crippen LogP) is 3.77. The highest BCUT2D eigenvalue weighted by molar-refractivity contribution is 5.74. The van der Waals surface area contributed by atoms with Gasteiger partial charge >= 0.3 is 0 Å². The standard InChI is InChI=1S/C16H15N3O/c1-11-16(19-15-6-4-3-5-14(15)18-11)20-13-9-7-12(17-2)8-10-13/h3-10,17H,1-2H3. The summed E-state index contributed by atoms with van der Waals surface area (Å²) >= 11 is 0. The normalized spacial score (nSPS) is 10.5.